The molecule has 0 fully saturated rings. The van der Waals surface area contributed by atoms with Gasteiger partial charge in [-0.25, -0.2) is 5.14 Å². The predicted molar refractivity (Wildman–Crippen MR) is 94.5 cm³/mol. The van der Waals surface area contributed by atoms with E-state index in [1.54, 1.807) is 13.1 Å². The number of alkyl halides is 3. The Kier molecular flexibility index (Phi) is 6.83. The third-order valence-electron chi connectivity index (χ3n) is 3.07. The number of halogens is 3. The van der Waals surface area contributed by atoms with Crippen LogP contribution in [0.1, 0.15) is 19.4 Å². The summed E-state index contributed by atoms with van der Waals surface area (Å²) in [6.07, 6.45) is -4.40. The van der Waals surface area contributed by atoms with Crippen LogP contribution in [0.5, 0.6) is 0 Å². The Morgan fingerprint density at radius 3 is 2.00 bits per heavy atom. The van der Waals surface area contributed by atoms with Gasteiger partial charge in [-0.15, -0.1) is 0 Å². The fourth-order valence-electron chi connectivity index (χ4n) is 2.07. The van der Waals surface area contributed by atoms with Crippen molar-refractivity contribution >= 4 is 21.6 Å². The van der Waals surface area contributed by atoms with Crippen LogP contribution in [0.15, 0.2) is 42.5 Å². The number of nitrogens with one attached hydrogen (secondary N) is 2. The zero-order chi connectivity index (χ0) is 19.3. The van der Waals surface area contributed by atoms with Gasteiger partial charge in [0.15, 0.2) is 0 Å². The first-order chi connectivity index (χ1) is 11.6. The maximum Gasteiger partial charge on any atom is 0.416 e. The molecule has 5 nitrogen and oxygen atoms in total. The van der Waals surface area contributed by atoms with E-state index >= 15 is 0 Å². The molecule has 0 atom stereocenters. The van der Waals surface area contributed by atoms with Gasteiger partial charge in [-0.1, -0.05) is 32.0 Å². The monoisotopic (exact) mass is 375 g/mol. The highest BCUT2D eigenvalue weighted by molar-refractivity contribution is 7.90. The molecule has 2 rings (SSSR count). The van der Waals surface area contributed by atoms with Crippen molar-refractivity contribution in [2.24, 2.45) is 5.14 Å². The van der Waals surface area contributed by atoms with Gasteiger partial charge in [0.2, 0.25) is 0 Å². The van der Waals surface area contributed by atoms with Crippen molar-refractivity contribution in [1.29, 1.82) is 0 Å². The van der Waals surface area contributed by atoms with E-state index in [1.165, 1.54) is 24.3 Å². The Bertz CT molecular complexity index is 804. The molecule has 138 valence electrons. The smallest absolute Gasteiger partial charge is 0.388 e. The lowest BCUT2D eigenvalue weighted by Crippen LogP contribution is -2.21. The van der Waals surface area contributed by atoms with Crippen LogP contribution >= 0.6 is 0 Å². The number of benzene rings is 2. The van der Waals surface area contributed by atoms with Crippen molar-refractivity contribution < 1.29 is 21.6 Å². The topological polar surface area (TPSA) is 84.2 Å². The molecule has 0 spiro atoms. The molecule has 0 aromatic heterocycles. The van der Waals surface area contributed by atoms with Crippen LogP contribution in [0, 0.1) is 0 Å². The molecule has 9 heteroatoms. The van der Waals surface area contributed by atoms with E-state index in [1.807, 2.05) is 13.8 Å². The molecule has 0 aliphatic rings. The summed E-state index contributed by atoms with van der Waals surface area (Å²) in [6.45, 7) is 4.00. The summed E-state index contributed by atoms with van der Waals surface area (Å²) < 4.78 is 61.9. The van der Waals surface area contributed by atoms with Crippen LogP contribution in [-0.2, 0) is 16.4 Å². The zero-order valence-electron chi connectivity index (χ0n) is 14.0. The lowest BCUT2D eigenvalue weighted by atomic mass is 10.0. The quantitative estimate of drug-likeness (QED) is 0.754. The predicted octanol–water partition coefficient (Wildman–Crippen LogP) is 4.06. The van der Waals surface area contributed by atoms with Gasteiger partial charge in [-0.2, -0.15) is 21.6 Å². The molecular weight excluding hydrogens is 355 g/mol. The SMILES string of the molecule is CC.CNc1cc(NS(N)(=O)=O)ccc1-c1ccc(C(F)(F)F)cc1. The second-order valence-electron chi connectivity index (χ2n) is 4.73. The third kappa shape index (κ3) is 5.95. The van der Waals surface area contributed by atoms with Crippen molar-refractivity contribution in [2.75, 3.05) is 17.1 Å². The molecule has 0 saturated heterocycles. The van der Waals surface area contributed by atoms with Gasteiger partial charge in [-0.05, 0) is 29.8 Å². The minimum Gasteiger partial charge on any atom is -0.388 e. The summed E-state index contributed by atoms with van der Waals surface area (Å²) in [7, 11) is -2.29. The molecule has 0 radical (unpaired) electrons. The van der Waals surface area contributed by atoms with Crippen LogP contribution in [0.3, 0.4) is 0 Å². The summed E-state index contributed by atoms with van der Waals surface area (Å²) in [5, 5.41) is 7.77. The first kappa shape index (κ1) is 20.8. The van der Waals surface area contributed by atoms with E-state index < -0.39 is 21.9 Å². The highest BCUT2D eigenvalue weighted by Crippen LogP contribution is 2.34. The number of rotatable bonds is 4. The molecule has 4 N–H and O–H groups in total. The maximum absolute atomic E-state index is 12.6. The molecule has 25 heavy (non-hydrogen) atoms. The fraction of sp³-hybridized carbons (Fsp3) is 0.250. The van der Waals surface area contributed by atoms with Gasteiger partial charge < -0.3 is 5.32 Å². The summed E-state index contributed by atoms with van der Waals surface area (Å²) in [5.41, 5.74) is 1.23. The van der Waals surface area contributed by atoms with Gasteiger partial charge >= 0.3 is 6.18 Å². The van der Waals surface area contributed by atoms with E-state index in [0.29, 0.717) is 16.8 Å². The van der Waals surface area contributed by atoms with Crippen LogP contribution in [0.25, 0.3) is 11.1 Å². The number of hydrogen-bond donors (Lipinski definition) is 3. The molecule has 0 saturated carbocycles. The second-order valence-corrected chi connectivity index (χ2v) is 6.03. The zero-order valence-corrected chi connectivity index (χ0v) is 14.8. The van der Waals surface area contributed by atoms with Crippen LogP contribution in [-0.4, -0.2) is 15.5 Å². The maximum atomic E-state index is 12.6. The summed E-state index contributed by atoms with van der Waals surface area (Å²) in [4.78, 5) is 0. The standard InChI is InChI=1S/C14H14F3N3O2S.C2H6/c1-19-13-8-11(20-23(18,21)22)6-7-12(13)9-2-4-10(5-3-9)14(15,16)17;1-2/h2-8,19-20H,1H3,(H2,18,21,22);1-2H3. The van der Waals surface area contributed by atoms with Crippen molar-refractivity contribution in [3.63, 3.8) is 0 Å². The van der Waals surface area contributed by atoms with Gasteiger partial charge in [0.05, 0.1) is 11.3 Å². The van der Waals surface area contributed by atoms with Crippen LogP contribution in [0.4, 0.5) is 24.5 Å². The second kappa shape index (κ2) is 8.21. The Labute approximate surface area is 145 Å². The molecule has 0 bridgehead atoms. The average Bonchev–Trinajstić information content (AvgIpc) is 2.54. The highest BCUT2D eigenvalue weighted by atomic mass is 32.2. The minimum absolute atomic E-state index is 0.243. The van der Waals surface area contributed by atoms with E-state index in [2.05, 4.69) is 10.0 Å². The number of hydrogen-bond acceptors (Lipinski definition) is 3. The Morgan fingerprint density at radius 1 is 1.00 bits per heavy atom. The van der Waals surface area contributed by atoms with Crippen molar-refractivity contribution in [3.05, 3.63) is 48.0 Å². The average molecular weight is 375 g/mol. The summed E-state index contributed by atoms with van der Waals surface area (Å²) >= 11 is 0. The van der Waals surface area contributed by atoms with Gasteiger partial charge in [0, 0.05) is 18.3 Å². The third-order valence-corrected chi connectivity index (χ3v) is 3.59. The minimum atomic E-state index is -4.40. The van der Waals surface area contributed by atoms with E-state index in [4.69, 9.17) is 5.14 Å². The molecule has 0 aliphatic heterocycles. The normalized spacial score (nSPS) is 11.3. The Hall–Kier alpha value is -2.26. The molecule has 2 aromatic carbocycles. The van der Waals surface area contributed by atoms with Gasteiger partial charge in [-0.3, -0.25) is 4.72 Å². The number of nitrogens with two attached hydrogens (primary N) is 1. The first-order valence-corrected chi connectivity index (χ1v) is 8.95. The van der Waals surface area contributed by atoms with E-state index in [0.717, 1.165) is 12.1 Å². The number of anilines is 2. The van der Waals surface area contributed by atoms with E-state index in [-0.39, 0.29) is 5.69 Å². The molecule has 2 aromatic rings. The largest absolute Gasteiger partial charge is 0.416 e. The molecule has 0 heterocycles. The summed E-state index contributed by atoms with van der Waals surface area (Å²) in [5.74, 6) is 0. The Balaban J connectivity index is 0.00000151. The fourth-order valence-corrected chi connectivity index (χ4v) is 2.52. The van der Waals surface area contributed by atoms with Crippen LogP contribution in [0.2, 0.25) is 0 Å². The Morgan fingerprint density at radius 2 is 1.56 bits per heavy atom. The first-order valence-electron chi connectivity index (χ1n) is 7.40. The van der Waals surface area contributed by atoms with Crippen LogP contribution < -0.4 is 15.2 Å². The highest BCUT2D eigenvalue weighted by Gasteiger charge is 2.30. The van der Waals surface area contributed by atoms with Crippen molar-refractivity contribution in [3.8, 4) is 11.1 Å². The molecular formula is C16H20F3N3O2S. The lowest BCUT2D eigenvalue weighted by Gasteiger charge is -2.13. The van der Waals surface area contributed by atoms with Crippen molar-refractivity contribution in [1.82, 2.24) is 0 Å². The van der Waals surface area contributed by atoms with Gasteiger partial charge in [0.1, 0.15) is 0 Å². The van der Waals surface area contributed by atoms with Crippen molar-refractivity contribution in [2.45, 2.75) is 20.0 Å². The summed E-state index contributed by atoms with van der Waals surface area (Å²) in [6, 6.07) is 9.24. The molecule has 0 amide bonds. The molecule has 0 aliphatic carbocycles. The lowest BCUT2D eigenvalue weighted by molar-refractivity contribution is -0.137. The van der Waals surface area contributed by atoms with E-state index in [9.17, 15) is 21.6 Å². The molecule has 0 unspecified atom stereocenters. The van der Waals surface area contributed by atoms with Gasteiger partial charge in [0.25, 0.3) is 10.2 Å².